The Morgan fingerprint density at radius 1 is 1.07 bits per heavy atom. The Kier molecular flexibility index (Phi) is 4.84. The summed E-state index contributed by atoms with van der Waals surface area (Å²) in [5, 5.41) is 2.82. The Bertz CT molecular complexity index is 1230. The molecule has 2 aromatic heterocycles. The van der Waals surface area contributed by atoms with Crippen molar-refractivity contribution in [1.82, 2.24) is 9.38 Å². The van der Waals surface area contributed by atoms with Crippen LogP contribution >= 0.6 is 0 Å². The molecule has 0 fully saturated rings. The lowest BCUT2D eigenvalue weighted by Gasteiger charge is -2.10. The third-order valence-electron chi connectivity index (χ3n) is 4.85. The SMILES string of the molecule is Cc1ccc(-c2cn3cccc(C)c3n2)cc1NC(=O)Cc1ccc(F)cc1F. The third-order valence-corrected chi connectivity index (χ3v) is 4.85. The Hall–Kier alpha value is -3.54. The number of hydrogen-bond acceptors (Lipinski definition) is 2. The molecule has 0 saturated carbocycles. The molecule has 0 radical (unpaired) electrons. The minimum Gasteiger partial charge on any atom is -0.326 e. The van der Waals surface area contributed by atoms with E-state index in [-0.39, 0.29) is 17.9 Å². The van der Waals surface area contributed by atoms with Gasteiger partial charge in [-0.25, -0.2) is 13.8 Å². The largest absolute Gasteiger partial charge is 0.326 e. The summed E-state index contributed by atoms with van der Waals surface area (Å²) in [5.74, 6) is -1.77. The molecule has 0 unspecified atom stereocenters. The predicted octanol–water partition coefficient (Wildman–Crippen LogP) is 5.08. The van der Waals surface area contributed by atoms with E-state index in [0.29, 0.717) is 5.69 Å². The number of fused-ring (bicyclic) bond motifs is 1. The van der Waals surface area contributed by atoms with E-state index in [1.165, 1.54) is 6.07 Å². The van der Waals surface area contributed by atoms with Crippen molar-refractivity contribution in [2.24, 2.45) is 0 Å². The Morgan fingerprint density at radius 3 is 2.66 bits per heavy atom. The van der Waals surface area contributed by atoms with Crippen LogP contribution in [0.1, 0.15) is 16.7 Å². The van der Waals surface area contributed by atoms with Gasteiger partial charge in [0.2, 0.25) is 5.91 Å². The smallest absolute Gasteiger partial charge is 0.228 e. The molecule has 146 valence electrons. The number of nitrogens with zero attached hydrogens (tertiary/aromatic N) is 2. The number of pyridine rings is 1. The maximum Gasteiger partial charge on any atom is 0.228 e. The zero-order valence-electron chi connectivity index (χ0n) is 16.0. The average Bonchev–Trinajstić information content (AvgIpc) is 3.11. The quantitative estimate of drug-likeness (QED) is 0.527. The highest BCUT2D eigenvalue weighted by atomic mass is 19.1. The molecule has 2 heterocycles. The lowest BCUT2D eigenvalue weighted by atomic mass is 10.1. The highest BCUT2D eigenvalue weighted by molar-refractivity contribution is 5.93. The first-order valence-corrected chi connectivity index (χ1v) is 9.20. The molecule has 4 rings (SSSR count). The molecule has 4 aromatic rings. The van der Waals surface area contributed by atoms with Crippen molar-refractivity contribution in [1.29, 1.82) is 0 Å². The number of benzene rings is 2. The minimum absolute atomic E-state index is 0.147. The average molecular weight is 391 g/mol. The summed E-state index contributed by atoms with van der Waals surface area (Å²) in [7, 11) is 0. The van der Waals surface area contributed by atoms with Crippen LogP contribution in [0.3, 0.4) is 0 Å². The molecule has 2 aromatic carbocycles. The molecule has 6 heteroatoms. The minimum atomic E-state index is -0.731. The van der Waals surface area contributed by atoms with Crippen LogP contribution in [0, 0.1) is 25.5 Å². The van der Waals surface area contributed by atoms with Gasteiger partial charge in [-0.3, -0.25) is 4.79 Å². The number of carbonyl (C=O) groups is 1. The Morgan fingerprint density at radius 2 is 1.90 bits per heavy atom. The number of amides is 1. The second-order valence-corrected chi connectivity index (χ2v) is 7.04. The number of aryl methyl sites for hydroxylation is 2. The number of halogens is 2. The van der Waals surface area contributed by atoms with Crippen LogP contribution in [-0.2, 0) is 11.2 Å². The van der Waals surface area contributed by atoms with Crippen LogP contribution in [0.25, 0.3) is 16.9 Å². The molecule has 0 spiro atoms. The van der Waals surface area contributed by atoms with E-state index in [0.717, 1.165) is 40.2 Å². The summed E-state index contributed by atoms with van der Waals surface area (Å²) >= 11 is 0. The fourth-order valence-electron chi connectivity index (χ4n) is 3.24. The first-order chi connectivity index (χ1) is 13.9. The number of anilines is 1. The van der Waals surface area contributed by atoms with Crippen LogP contribution in [0.4, 0.5) is 14.5 Å². The number of rotatable bonds is 4. The van der Waals surface area contributed by atoms with Crippen molar-refractivity contribution in [2.75, 3.05) is 5.32 Å². The Balaban J connectivity index is 1.59. The van der Waals surface area contributed by atoms with E-state index in [4.69, 9.17) is 0 Å². The van der Waals surface area contributed by atoms with Gasteiger partial charge in [0.1, 0.15) is 17.3 Å². The van der Waals surface area contributed by atoms with Gasteiger partial charge in [0, 0.05) is 29.7 Å². The highest BCUT2D eigenvalue weighted by Gasteiger charge is 2.12. The number of nitrogens with one attached hydrogen (secondary N) is 1. The zero-order chi connectivity index (χ0) is 20.5. The standard InChI is InChI=1S/C23H19F2N3O/c1-14-5-6-17(21-13-28-9-3-4-15(2)23(28)27-21)10-20(14)26-22(29)11-16-7-8-18(24)12-19(16)25/h3-10,12-13H,11H2,1-2H3,(H,26,29). The van der Waals surface area contributed by atoms with Crippen LogP contribution in [0.15, 0.2) is 60.9 Å². The van der Waals surface area contributed by atoms with Crippen LogP contribution in [-0.4, -0.2) is 15.3 Å². The summed E-state index contributed by atoms with van der Waals surface area (Å²) in [5.41, 5.74) is 5.25. The molecule has 0 atom stereocenters. The van der Waals surface area contributed by atoms with E-state index in [1.54, 1.807) is 0 Å². The maximum atomic E-state index is 13.8. The van der Waals surface area contributed by atoms with Gasteiger partial charge in [-0.2, -0.15) is 0 Å². The second kappa shape index (κ2) is 7.47. The van der Waals surface area contributed by atoms with Crippen molar-refractivity contribution < 1.29 is 13.6 Å². The number of aromatic nitrogens is 2. The first-order valence-electron chi connectivity index (χ1n) is 9.20. The number of imidazole rings is 1. The van der Waals surface area contributed by atoms with Crippen molar-refractivity contribution in [3.63, 3.8) is 0 Å². The fraction of sp³-hybridized carbons (Fsp3) is 0.130. The van der Waals surface area contributed by atoms with Gasteiger partial charge in [-0.1, -0.05) is 24.3 Å². The Labute approximate surface area is 166 Å². The number of hydrogen-bond donors (Lipinski definition) is 1. The van der Waals surface area contributed by atoms with Gasteiger partial charge in [-0.15, -0.1) is 0 Å². The van der Waals surface area contributed by atoms with Gasteiger partial charge in [0.25, 0.3) is 0 Å². The maximum absolute atomic E-state index is 13.8. The fourth-order valence-corrected chi connectivity index (χ4v) is 3.24. The van der Waals surface area contributed by atoms with Gasteiger partial charge >= 0.3 is 0 Å². The van der Waals surface area contributed by atoms with Gasteiger partial charge < -0.3 is 9.72 Å². The predicted molar refractivity (Wildman–Crippen MR) is 109 cm³/mol. The first kappa shape index (κ1) is 18.8. The summed E-state index contributed by atoms with van der Waals surface area (Å²) < 4.78 is 28.8. The lowest BCUT2D eigenvalue weighted by molar-refractivity contribution is -0.115. The highest BCUT2D eigenvalue weighted by Crippen LogP contribution is 2.26. The van der Waals surface area contributed by atoms with E-state index in [9.17, 15) is 13.6 Å². The van der Waals surface area contributed by atoms with Crippen LogP contribution in [0.5, 0.6) is 0 Å². The molecule has 0 aliphatic rings. The summed E-state index contributed by atoms with van der Waals surface area (Å²) in [4.78, 5) is 17.1. The van der Waals surface area contributed by atoms with Gasteiger partial charge in [0.15, 0.2) is 0 Å². The molecule has 29 heavy (non-hydrogen) atoms. The zero-order valence-corrected chi connectivity index (χ0v) is 16.0. The lowest BCUT2D eigenvalue weighted by Crippen LogP contribution is -2.16. The third kappa shape index (κ3) is 3.87. The van der Waals surface area contributed by atoms with Crippen LogP contribution < -0.4 is 5.32 Å². The van der Waals surface area contributed by atoms with E-state index < -0.39 is 11.6 Å². The molecule has 0 aliphatic carbocycles. The molecular formula is C23H19F2N3O. The van der Waals surface area contributed by atoms with Crippen molar-refractivity contribution in [2.45, 2.75) is 20.3 Å². The van der Waals surface area contributed by atoms with Crippen molar-refractivity contribution in [3.8, 4) is 11.3 Å². The molecule has 1 amide bonds. The van der Waals surface area contributed by atoms with Gasteiger partial charge in [-0.05, 0) is 48.7 Å². The van der Waals surface area contributed by atoms with E-state index in [1.807, 2.05) is 61.0 Å². The topological polar surface area (TPSA) is 46.4 Å². The molecule has 0 saturated heterocycles. The van der Waals surface area contributed by atoms with Crippen LogP contribution in [0.2, 0.25) is 0 Å². The van der Waals surface area contributed by atoms with Gasteiger partial charge in [0.05, 0.1) is 12.1 Å². The van der Waals surface area contributed by atoms with Crippen molar-refractivity contribution >= 4 is 17.2 Å². The number of carbonyl (C=O) groups excluding carboxylic acids is 1. The van der Waals surface area contributed by atoms with Crippen molar-refractivity contribution in [3.05, 3.63) is 89.2 Å². The summed E-state index contributed by atoms with van der Waals surface area (Å²) in [6.45, 7) is 3.88. The molecule has 4 nitrogen and oxygen atoms in total. The monoisotopic (exact) mass is 391 g/mol. The molecular weight excluding hydrogens is 372 g/mol. The summed E-state index contributed by atoms with van der Waals surface area (Å²) in [6, 6.07) is 12.9. The van der Waals surface area contributed by atoms with E-state index >= 15 is 0 Å². The second-order valence-electron chi connectivity index (χ2n) is 7.04. The molecule has 0 bridgehead atoms. The normalized spacial score (nSPS) is 11.0. The summed E-state index contributed by atoms with van der Waals surface area (Å²) in [6.07, 6.45) is 3.70. The molecule has 0 aliphatic heterocycles. The molecule has 1 N–H and O–H groups in total. The van der Waals surface area contributed by atoms with E-state index in [2.05, 4.69) is 10.3 Å².